The fraction of sp³-hybridized carbons (Fsp3) is 0.400. The highest BCUT2D eigenvalue weighted by Crippen LogP contribution is 2.44. The van der Waals surface area contributed by atoms with Crippen molar-refractivity contribution in [1.29, 1.82) is 0 Å². The maximum Gasteiger partial charge on any atom is 0.407 e. The monoisotopic (exact) mass is 474 g/mol. The van der Waals surface area contributed by atoms with Crippen LogP contribution in [-0.4, -0.2) is 48.2 Å². The minimum atomic E-state index is -4.11. The van der Waals surface area contributed by atoms with Gasteiger partial charge in [-0.15, -0.1) is 0 Å². The second-order valence-electron chi connectivity index (χ2n) is 8.72. The summed E-state index contributed by atoms with van der Waals surface area (Å²) in [7, 11) is 0. The highest BCUT2D eigenvalue weighted by atomic mass is 19.3. The number of carboxylic acid groups (broad SMARTS) is 1. The number of alkyl carbamates (subject to hydrolysis) is 1. The van der Waals surface area contributed by atoms with E-state index in [1.165, 1.54) is 0 Å². The third-order valence-corrected chi connectivity index (χ3v) is 5.78. The number of hydrogen-bond acceptors (Lipinski definition) is 4. The second-order valence-corrected chi connectivity index (χ2v) is 8.72. The molecule has 0 aliphatic heterocycles. The lowest BCUT2D eigenvalue weighted by molar-refractivity contribution is -0.164. The molecule has 2 aromatic rings. The van der Waals surface area contributed by atoms with Crippen LogP contribution >= 0.6 is 0 Å². The van der Waals surface area contributed by atoms with Crippen LogP contribution in [-0.2, 0) is 14.3 Å². The highest BCUT2D eigenvalue weighted by molar-refractivity contribution is 5.86. The van der Waals surface area contributed by atoms with Crippen molar-refractivity contribution in [3.05, 3.63) is 59.7 Å². The van der Waals surface area contributed by atoms with Crippen LogP contribution in [0, 0.1) is 5.92 Å². The number of ether oxygens (including phenoxy) is 1. The van der Waals surface area contributed by atoms with E-state index in [0.29, 0.717) is 6.42 Å². The Hall–Kier alpha value is -3.49. The summed E-state index contributed by atoms with van der Waals surface area (Å²) < 4.78 is 32.2. The van der Waals surface area contributed by atoms with Gasteiger partial charge in [0.1, 0.15) is 12.6 Å². The number of aliphatic carboxylic acids is 1. The summed E-state index contributed by atoms with van der Waals surface area (Å²) in [6.07, 6.45) is -0.126. The van der Waals surface area contributed by atoms with E-state index in [4.69, 9.17) is 9.84 Å². The molecule has 7 nitrogen and oxygen atoms in total. The summed E-state index contributed by atoms with van der Waals surface area (Å²) >= 11 is 0. The molecule has 0 aromatic heterocycles. The van der Waals surface area contributed by atoms with Crippen LogP contribution < -0.4 is 10.6 Å². The molecule has 1 aliphatic rings. The molecule has 0 bridgehead atoms. The van der Waals surface area contributed by atoms with Crippen molar-refractivity contribution >= 4 is 18.0 Å². The first kappa shape index (κ1) is 25.1. The summed E-state index contributed by atoms with van der Waals surface area (Å²) in [6.45, 7) is 2.50. The number of carbonyl (C=O) groups is 3. The van der Waals surface area contributed by atoms with Crippen LogP contribution in [0.1, 0.15) is 43.7 Å². The summed E-state index contributed by atoms with van der Waals surface area (Å²) in [4.78, 5) is 35.6. The van der Waals surface area contributed by atoms with Gasteiger partial charge in [0.05, 0.1) is 6.54 Å². The topological polar surface area (TPSA) is 105 Å². The van der Waals surface area contributed by atoms with Gasteiger partial charge in [0, 0.05) is 5.92 Å². The highest BCUT2D eigenvalue weighted by Gasteiger charge is 2.39. The van der Waals surface area contributed by atoms with Crippen molar-refractivity contribution in [1.82, 2.24) is 10.6 Å². The normalized spacial score (nSPS) is 13.7. The molecule has 2 aromatic carbocycles. The van der Waals surface area contributed by atoms with Gasteiger partial charge < -0.3 is 20.5 Å². The molecule has 182 valence electrons. The number of halogens is 2. The van der Waals surface area contributed by atoms with Crippen LogP contribution in [0.3, 0.4) is 0 Å². The van der Waals surface area contributed by atoms with Crippen molar-refractivity contribution in [3.63, 3.8) is 0 Å². The van der Waals surface area contributed by atoms with Gasteiger partial charge in [0.25, 0.3) is 0 Å². The van der Waals surface area contributed by atoms with Crippen molar-refractivity contribution in [2.45, 2.75) is 44.6 Å². The third-order valence-electron chi connectivity index (χ3n) is 5.78. The summed E-state index contributed by atoms with van der Waals surface area (Å²) in [5.41, 5.74) is 4.20. The fourth-order valence-corrected chi connectivity index (χ4v) is 3.95. The van der Waals surface area contributed by atoms with E-state index in [1.807, 2.05) is 67.7 Å². The van der Waals surface area contributed by atoms with Crippen molar-refractivity contribution in [2.75, 3.05) is 13.2 Å². The minimum absolute atomic E-state index is 0.0372. The van der Waals surface area contributed by atoms with E-state index < -0.39 is 36.5 Å². The SMILES string of the molecule is CC(C)CCC(NC(=O)OCC1c2ccccc2-c2ccccc21)C(=O)NCC(F)(F)C(=O)O. The van der Waals surface area contributed by atoms with Gasteiger partial charge in [-0.2, -0.15) is 8.78 Å². The number of carboxylic acids is 1. The van der Waals surface area contributed by atoms with Gasteiger partial charge in [-0.05, 0) is 41.0 Å². The Labute approximate surface area is 196 Å². The fourth-order valence-electron chi connectivity index (χ4n) is 3.95. The number of fused-ring (bicyclic) bond motifs is 3. The Kier molecular flexibility index (Phi) is 7.86. The Morgan fingerprint density at radius 1 is 1.00 bits per heavy atom. The lowest BCUT2D eigenvalue weighted by atomic mass is 9.98. The summed E-state index contributed by atoms with van der Waals surface area (Å²) in [5.74, 6) is -7.32. The first-order valence-electron chi connectivity index (χ1n) is 11.1. The van der Waals surface area contributed by atoms with Gasteiger partial charge >= 0.3 is 18.0 Å². The zero-order valence-corrected chi connectivity index (χ0v) is 19.0. The molecule has 3 N–H and O–H groups in total. The number of carbonyl (C=O) groups excluding carboxylic acids is 2. The van der Waals surface area contributed by atoms with Crippen molar-refractivity contribution < 1.29 is 33.0 Å². The molecule has 0 fully saturated rings. The molecule has 0 radical (unpaired) electrons. The molecule has 0 spiro atoms. The van der Waals surface area contributed by atoms with Gasteiger partial charge in [-0.1, -0.05) is 62.4 Å². The lowest BCUT2D eigenvalue weighted by Gasteiger charge is -2.21. The van der Waals surface area contributed by atoms with Crippen LogP contribution in [0.25, 0.3) is 11.1 Å². The van der Waals surface area contributed by atoms with E-state index in [0.717, 1.165) is 22.3 Å². The van der Waals surface area contributed by atoms with E-state index >= 15 is 0 Å². The molecule has 1 unspecified atom stereocenters. The Morgan fingerprint density at radius 2 is 1.56 bits per heavy atom. The Morgan fingerprint density at radius 3 is 2.09 bits per heavy atom. The number of amides is 2. The average Bonchev–Trinajstić information content (AvgIpc) is 3.12. The predicted octanol–water partition coefficient (Wildman–Crippen LogP) is 4.17. The zero-order valence-electron chi connectivity index (χ0n) is 19.0. The number of hydrogen-bond donors (Lipinski definition) is 3. The van der Waals surface area contributed by atoms with Crippen molar-refractivity contribution in [3.8, 4) is 11.1 Å². The van der Waals surface area contributed by atoms with E-state index in [-0.39, 0.29) is 24.9 Å². The molecule has 34 heavy (non-hydrogen) atoms. The number of benzene rings is 2. The Bertz CT molecular complexity index is 1010. The van der Waals surface area contributed by atoms with Crippen LogP contribution in [0.2, 0.25) is 0 Å². The average molecular weight is 475 g/mol. The third kappa shape index (κ3) is 5.89. The molecular formula is C25H28F2N2O5. The Balaban J connectivity index is 1.64. The molecule has 0 heterocycles. The van der Waals surface area contributed by atoms with E-state index in [2.05, 4.69) is 5.32 Å². The first-order valence-corrected chi connectivity index (χ1v) is 11.1. The standard InChI is InChI=1S/C25H28F2N2O5/c1-15(2)11-12-21(22(30)28-14-25(26,27)23(31)32)29-24(33)34-13-20-18-9-5-3-7-16(18)17-8-4-6-10-19(17)20/h3-10,15,20-21H,11-14H2,1-2H3,(H,28,30)(H,29,33)(H,31,32). The van der Waals surface area contributed by atoms with Gasteiger partial charge in [-0.3, -0.25) is 4.79 Å². The molecule has 0 saturated carbocycles. The largest absolute Gasteiger partial charge is 0.477 e. The lowest BCUT2D eigenvalue weighted by Crippen LogP contribution is -2.51. The molecule has 0 saturated heterocycles. The molecule has 2 amide bonds. The smallest absolute Gasteiger partial charge is 0.407 e. The molecular weight excluding hydrogens is 446 g/mol. The number of nitrogens with one attached hydrogen (secondary N) is 2. The molecule has 9 heteroatoms. The van der Waals surface area contributed by atoms with Gasteiger partial charge in [0.15, 0.2) is 0 Å². The van der Waals surface area contributed by atoms with Gasteiger partial charge in [0.2, 0.25) is 5.91 Å². The predicted molar refractivity (Wildman–Crippen MR) is 122 cm³/mol. The quantitative estimate of drug-likeness (QED) is 0.480. The van der Waals surface area contributed by atoms with E-state index in [9.17, 15) is 23.2 Å². The van der Waals surface area contributed by atoms with Crippen LogP contribution in [0.5, 0.6) is 0 Å². The van der Waals surface area contributed by atoms with Crippen LogP contribution in [0.4, 0.5) is 13.6 Å². The number of rotatable bonds is 10. The van der Waals surface area contributed by atoms with Crippen LogP contribution in [0.15, 0.2) is 48.5 Å². The molecule has 1 atom stereocenters. The molecule has 1 aliphatic carbocycles. The van der Waals surface area contributed by atoms with Gasteiger partial charge in [-0.25, -0.2) is 9.59 Å². The minimum Gasteiger partial charge on any atom is -0.477 e. The maximum absolute atomic E-state index is 13.4. The summed E-state index contributed by atoms with van der Waals surface area (Å²) in [6, 6.07) is 14.5. The molecule has 3 rings (SSSR count). The summed E-state index contributed by atoms with van der Waals surface area (Å²) in [5, 5.41) is 12.9. The zero-order chi connectivity index (χ0) is 24.9. The first-order chi connectivity index (χ1) is 16.1. The number of alkyl halides is 2. The second kappa shape index (κ2) is 10.6. The van der Waals surface area contributed by atoms with E-state index in [1.54, 1.807) is 0 Å². The maximum atomic E-state index is 13.4. The van der Waals surface area contributed by atoms with Crippen molar-refractivity contribution in [2.24, 2.45) is 5.92 Å².